The molecule has 2 aromatic rings. The van der Waals surface area contributed by atoms with Crippen molar-refractivity contribution < 1.29 is 9.59 Å². The molecule has 1 aromatic carbocycles. The minimum absolute atomic E-state index is 0.306. The second-order valence-electron chi connectivity index (χ2n) is 4.10. The smallest absolute Gasteiger partial charge is 0.249 e. The van der Waals surface area contributed by atoms with Gasteiger partial charge in [-0.05, 0) is 29.3 Å². The van der Waals surface area contributed by atoms with Crippen LogP contribution in [0.1, 0.15) is 31.8 Å². The van der Waals surface area contributed by atoms with E-state index in [-0.39, 0.29) is 0 Å². The van der Waals surface area contributed by atoms with Crippen LogP contribution in [0.25, 0.3) is 0 Å². The second-order valence-corrected chi connectivity index (χ2v) is 4.10. The van der Waals surface area contributed by atoms with E-state index >= 15 is 0 Å². The average Bonchev–Trinajstić information content (AvgIpc) is 2.39. The first-order chi connectivity index (χ1) is 9.09. The number of hydrogen-bond donors (Lipinski definition) is 2. The van der Waals surface area contributed by atoms with Crippen molar-refractivity contribution in [3.05, 3.63) is 65.0 Å². The first kappa shape index (κ1) is 12.8. The summed E-state index contributed by atoms with van der Waals surface area (Å²) in [5, 5.41) is 0. The number of carbonyl (C=O) groups is 2. The molecule has 4 N–H and O–H groups in total. The second kappa shape index (κ2) is 5.30. The normalized spacial score (nSPS) is 10.1. The van der Waals surface area contributed by atoms with Gasteiger partial charge in [-0.2, -0.15) is 0 Å². The largest absolute Gasteiger partial charge is 0.366 e. The Morgan fingerprint density at radius 2 is 1.63 bits per heavy atom. The van der Waals surface area contributed by atoms with E-state index in [9.17, 15) is 9.59 Å². The standard InChI is InChI=1S/C14H13N3O2/c15-13(18)10-4-1-5-11(14(16)19)12(10)7-9-3-2-6-17-8-9/h1-6,8H,7H2,(H2,15,18)(H2,16,19). The van der Waals surface area contributed by atoms with Gasteiger partial charge in [-0.1, -0.05) is 12.1 Å². The Morgan fingerprint density at radius 1 is 1.00 bits per heavy atom. The molecular weight excluding hydrogens is 242 g/mol. The molecule has 1 aromatic heterocycles. The molecule has 0 saturated carbocycles. The van der Waals surface area contributed by atoms with E-state index in [2.05, 4.69) is 4.98 Å². The topological polar surface area (TPSA) is 99.1 Å². The van der Waals surface area contributed by atoms with Gasteiger partial charge < -0.3 is 11.5 Å². The van der Waals surface area contributed by atoms with Crippen LogP contribution >= 0.6 is 0 Å². The molecule has 0 aliphatic rings. The fourth-order valence-electron chi connectivity index (χ4n) is 1.95. The van der Waals surface area contributed by atoms with Crippen molar-refractivity contribution in [3.8, 4) is 0 Å². The lowest BCUT2D eigenvalue weighted by Crippen LogP contribution is -2.20. The van der Waals surface area contributed by atoms with Crippen LogP contribution in [-0.2, 0) is 6.42 Å². The molecule has 0 radical (unpaired) electrons. The van der Waals surface area contributed by atoms with E-state index in [4.69, 9.17) is 11.5 Å². The first-order valence-corrected chi connectivity index (χ1v) is 5.70. The monoisotopic (exact) mass is 255 g/mol. The quantitative estimate of drug-likeness (QED) is 0.847. The number of benzene rings is 1. The van der Waals surface area contributed by atoms with E-state index in [1.807, 2.05) is 6.07 Å². The van der Waals surface area contributed by atoms with Gasteiger partial charge in [-0.25, -0.2) is 0 Å². The molecule has 2 amide bonds. The molecular formula is C14H13N3O2. The lowest BCUT2D eigenvalue weighted by Gasteiger charge is -2.10. The molecule has 0 atom stereocenters. The number of amides is 2. The van der Waals surface area contributed by atoms with Crippen molar-refractivity contribution in [1.29, 1.82) is 0 Å². The third kappa shape index (κ3) is 2.77. The van der Waals surface area contributed by atoms with E-state index in [1.165, 1.54) is 0 Å². The fourth-order valence-corrected chi connectivity index (χ4v) is 1.95. The minimum Gasteiger partial charge on any atom is -0.366 e. The Balaban J connectivity index is 2.52. The zero-order valence-corrected chi connectivity index (χ0v) is 10.2. The first-order valence-electron chi connectivity index (χ1n) is 5.70. The van der Waals surface area contributed by atoms with Gasteiger partial charge in [0.1, 0.15) is 0 Å². The molecule has 1 heterocycles. The van der Waals surface area contributed by atoms with E-state index in [0.717, 1.165) is 5.56 Å². The molecule has 0 aliphatic carbocycles. The molecule has 5 nitrogen and oxygen atoms in total. The van der Waals surface area contributed by atoms with Crippen LogP contribution in [0.15, 0.2) is 42.7 Å². The van der Waals surface area contributed by atoms with Crippen LogP contribution in [0.3, 0.4) is 0 Å². The van der Waals surface area contributed by atoms with Gasteiger partial charge >= 0.3 is 0 Å². The van der Waals surface area contributed by atoms with Crippen molar-refractivity contribution in [3.63, 3.8) is 0 Å². The number of nitrogens with two attached hydrogens (primary N) is 2. The van der Waals surface area contributed by atoms with Gasteiger partial charge in [0, 0.05) is 29.9 Å². The molecule has 0 fully saturated rings. The number of primary amides is 2. The molecule has 0 unspecified atom stereocenters. The molecule has 96 valence electrons. The highest BCUT2D eigenvalue weighted by Gasteiger charge is 2.16. The Kier molecular flexibility index (Phi) is 3.56. The van der Waals surface area contributed by atoms with Crippen LogP contribution in [0, 0.1) is 0 Å². The highest BCUT2D eigenvalue weighted by atomic mass is 16.1. The van der Waals surface area contributed by atoms with Gasteiger partial charge in [-0.3, -0.25) is 14.6 Å². The van der Waals surface area contributed by atoms with Crippen LogP contribution in [0.2, 0.25) is 0 Å². The highest BCUT2D eigenvalue weighted by molar-refractivity contribution is 6.01. The van der Waals surface area contributed by atoms with Gasteiger partial charge in [0.2, 0.25) is 11.8 Å². The lowest BCUT2D eigenvalue weighted by molar-refractivity contribution is 0.0999. The van der Waals surface area contributed by atoms with Crippen molar-refractivity contribution >= 4 is 11.8 Å². The van der Waals surface area contributed by atoms with E-state index in [0.29, 0.717) is 23.1 Å². The Bertz CT molecular complexity index is 592. The van der Waals surface area contributed by atoms with E-state index in [1.54, 1.807) is 36.7 Å². The number of nitrogens with zero attached hydrogens (tertiary/aromatic N) is 1. The van der Waals surface area contributed by atoms with Crippen LogP contribution < -0.4 is 11.5 Å². The van der Waals surface area contributed by atoms with Crippen molar-refractivity contribution in [2.24, 2.45) is 11.5 Å². The van der Waals surface area contributed by atoms with Gasteiger partial charge in [0.15, 0.2) is 0 Å². The summed E-state index contributed by atoms with van der Waals surface area (Å²) in [4.78, 5) is 26.9. The van der Waals surface area contributed by atoms with Crippen molar-refractivity contribution in [2.75, 3.05) is 0 Å². The van der Waals surface area contributed by atoms with Crippen LogP contribution in [0.5, 0.6) is 0 Å². The Morgan fingerprint density at radius 3 is 2.11 bits per heavy atom. The summed E-state index contributed by atoms with van der Waals surface area (Å²) >= 11 is 0. The predicted molar refractivity (Wildman–Crippen MR) is 70.5 cm³/mol. The van der Waals surface area contributed by atoms with Crippen LogP contribution in [0.4, 0.5) is 0 Å². The highest BCUT2D eigenvalue weighted by Crippen LogP contribution is 2.18. The Labute approximate surface area is 110 Å². The average molecular weight is 255 g/mol. The summed E-state index contributed by atoms with van der Waals surface area (Å²) in [5.74, 6) is -1.16. The Hall–Kier alpha value is -2.69. The van der Waals surface area contributed by atoms with Crippen molar-refractivity contribution in [1.82, 2.24) is 4.98 Å². The molecule has 0 saturated heterocycles. The maximum atomic E-state index is 11.4. The predicted octanol–water partition coefficient (Wildman–Crippen LogP) is 0.870. The zero-order valence-electron chi connectivity index (χ0n) is 10.2. The molecule has 0 spiro atoms. The summed E-state index contributed by atoms with van der Waals surface area (Å²) in [6.07, 6.45) is 3.70. The van der Waals surface area contributed by atoms with Gasteiger partial charge in [-0.15, -0.1) is 0 Å². The fraction of sp³-hybridized carbons (Fsp3) is 0.0714. The van der Waals surface area contributed by atoms with Gasteiger partial charge in [0.05, 0.1) is 0 Å². The third-order valence-electron chi connectivity index (χ3n) is 2.81. The summed E-state index contributed by atoms with van der Waals surface area (Å²) in [6, 6.07) is 8.40. The number of aromatic nitrogens is 1. The van der Waals surface area contributed by atoms with Crippen LogP contribution in [-0.4, -0.2) is 16.8 Å². The SMILES string of the molecule is NC(=O)c1cccc(C(N)=O)c1Cc1cccnc1. The van der Waals surface area contributed by atoms with E-state index < -0.39 is 11.8 Å². The molecule has 0 aliphatic heterocycles. The number of carbonyl (C=O) groups excluding carboxylic acids is 2. The molecule has 5 heteroatoms. The number of pyridine rings is 1. The zero-order chi connectivity index (χ0) is 13.8. The summed E-state index contributed by atoms with van der Waals surface area (Å²) in [5.41, 5.74) is 12.7. The molecule has 19 heavy (non-hydrogen) atoms. The molecule has 0 bridgehead atoms. The lowest BCUT2D eigenvalue weighted by atomic mass is 9.94. The van der Waals surface area contributed by atoms with Crippen molar-refractivity contribution in [2.45, 2.75) is 6.42 Å². The van der Waals surface area contributed by atoms with Gasteiger partial charge in [0.25, 0.3) is 0 Å². The number of rotatable bonds is 4. The maximum absolute atomic E-state index is 11.4. The minimum atomic E-state index is -0.581. The molecule has 2 rings (SSSR count). The maximum Gasteiger partial charge on any atom is 0.249 e. The summed E-state index contributed by atoms with van der Waals surface area (Å²) < 4.78 is 0. The third-order valence-corrected chi connectivity index (χ3v) is 2.81. The summed E-state index contributed by atoms with van der Waals surface area (Å²) in [6.45, 7) is 0. The summed E-state index contributed by atoms with van der Waals surface area (Å²) in [7, 11) is 0. The number of hydrogen-bond acceptors (Lipinski definition) is 3.